The Hall–Kier alpha value is -4.22. The molecule has 7 nitrogen and oxygen atoms in total. The fourth-order valence-corrected chi connectivity index (χ4v) is 3.99. The van der Waals surface area contributed by atoms with Crippen LogP contribution in [0.2, 0.25) is 5.02 Å². The number of halogens is 2. The summed E-state index contributed by atoms with van der Waals surface area (Å²) in [6.07, 6.45) is 7.72. The highest BCUT2D eigenvalue weighted by Gasteiger charge is 2.22. The van der Waals surface area contributed by atoms with E-state index in [1.54, 1.807) is 18.2 Å². The second-order valence-electron chi connectivity index (χ2n) is 8.06. The number of hydrogen-bond donors (Lipinski definition) is 2. The third-order valence-corrected chi connectivity index (χ3v) is 5.78. The highest BCUT2D eigenvalue weighted by Crippen LogP contribution is 2.24. The summed E-state index contributed by atoms with van der Waals surface area (Å²) in [6.45, 7) is 4.34. The van der Waals surface area contributed by atoms with Crippen LogP contribution in [-0.2, 0) is 0 Å². The summed E-state index contributed by atoms with van der Waals surface area (Å²) in [7, 11) is 0. The second-order valence-corrected chi connectivity index (χ2v) is 8.50. The number of amides is 2. The molecule has 2 N–H and O–H groups in total. The Bertz CT molecular complexity index is 1380. The van der Waals surface area contributed by atoms with Crippen LogP contribution < -0.4 is 10.6 Å². The molecule has 0 unspecified atom stereocenters. The molecule has 1 aromatic heterocycles. The van der Waals surface area contributed by atoms with Crippen LogP contribution in [0.5, 0.6) is 0 Å². The monoisotopic (exact) mass is 503 g/mol. The number of nitrogens with zero attached hydrogens (tertiary/aromatic N) is 3. The van der Waals surface area contributed by atoms with Crippen molar-refractivity contribution in [3.8, 4) is 12.3 Å². The number of carbonyl (C=O) groups is 2. The lowest BCUT2D eigenvalue weighted by molar-refractivity contribution is 0.102. The lowest BCUT2D eigenvalue weighted by atomic mass is 10.1. The van der Waals surface area contributed by atoms with Crippen LogP contribution in [0.4, 0.5) is 15.9 Å². The average molecular weight is 504 g/mol. The Balaban J connectivity index is 1.53. The molecular weight excluding hydrogens is 481 g/mol. The van der Waals surface area contributed by atoms with Crippen LogP contribution in [-0.4, -0.2) is 47.2 Å². The number of hydrogen-bond acceptors (Lipinski definition) is 5. The lowest BCUT2D eigenvalue weighted by Crippen LogP contribution is -2.29. The highest BCUT2D eigenvalue weighted by atomic mass is 35.5. The fraction of sp³-hybridized carbons (Fsp3) is 0.185. The zero-order valence-corrected chi connectivity index (χ0v) is 20.3. The number of aliphatic imine (C=N–C) groups is 1. The minimum atomic E-state index is -0.703. The van der Waals surface area contributed by atoms with Gasteiger partial charge in [0.25, 0.3) is 11.8 Å². The molecule has 0 spiro atoms. The number of nitrogens with one attached hydrogen (secondary N) is 2. The average Bonchev–Trinajstić information content (AvgIpc) is 3.34. The van der Waals surface area contributed by atoms with Crippen molar-refractivity contribution >= 4 is 40.8 Å². The molecule has 0 fully saturated rings. The Kier molecular flexibility index (Phi) is 7.62. The number of anilines is 2. The van der Waals surface area contributed by atoms with Gasteiger partial charge in [-0.3, -0.25) is 14.6 Å². The molecule has 0 saturated heterocycles. The molecule has 1 aliphatic rings. The van der Waals surface area contributed by atoms with E-state index in [1.165, 1.54) is 36.5 Å². The number of amidine groups is 1. The summed E-state index contributed by atoms with van der Waals surface area (Å²) in [5.41, 5.74) is 1.28. The molecule has 0 saturated carbocycles. The quantitative estimate of drug-likeness (QED) is 0.452. The first-order valence-corrected chi connectivity index (χ1v) is 11.7. The van der Waals surface area contributed by atoms with E-state index in [-0.39, 0.29) is 22.6 Å². The van der Waals surface area contributed by atoms with Crippen LogP contribution in [0.3, 0.4) is 0 Å². The number of benzene rings is 2. The summed E-state index contributed by atoms with van der Waals surface area (Å²) >= 11 is 6.09. The summed E-state index contributed by atoms with van der Waals surface area (Å²) in [6, 6.07) is 12.0. The molecule has 0 atom stereocenters. The molecule has 2 heterocycles. The smallest absolute Gasteiger partial charge is 0.258 e. The van der Waals surface area contributed by atoms with Gasteiger partial charge in [-0.15, -0.1) is 6.42 Å². The molecule has 2 amide bonds. The van der Waals surface area contributed by atoms with E-state index in [9.17, 15) is 14.0 Å². The first-order chi connectivity index (χ1) is 17.4. The van der Waals surface area contributed by atoms with Gasteiger partial charge >= 0.3 is 0 Å². The molecule has 36 heavy (non-hydrogen) atoms. The summed E-state index contributed by atoms with van der Waals surface area (Å²) in [4.78, 5) is 36.5. The molecule has 3 aromatic rings. The highest BCUT2D eigenvalue weighted by molar-refractivity contribution is 6.31. The Morgan fingerprint density at radius 1 is 1.11 bits per heavy atom. The zero-order valence-electron chi connectivity index (χ0n) is 19.5. The molecule has 182 valence electrons. The molecule has 0 bridgehead atoms. The van der Waals surface area contributed by atoms with Gasteiger partial charge in [0.05, 0.1) is 23.4 Å². The largest absolute Gasteiger partial charge is 0.355 e. The molecule has 0 radical (unpaired) electrons. The maximum absolute atomic E-state index is 15.0. The van der Waals surface area contributed by atoms with Crippen molar-refractivity contribution in [1.82, 2.24) is 9.88 Å². The lowest BCUT2D eigenvalue weighted by Gasteiger charge is -2.19. The summed E-state index contributed by atoms with van der Waals surface area (Å²) < 4.78 is 15.0. The van der Waals surface area contributed by atoms with E-state index in [1.807, 2.05) is 0 Å². The Morgan fingerprint density at radius 2 is 1.92 bits per heavy atom. The molecule has 2 aromatic carbocycles. The van der Waals surface area contributed by atoms with Gasteiger partial charge in [0.15, 0.2) is 0 Å². The van der Waals surface area contributed by atoms with Gasteiger partial charge < -0.3 is 15.5 Å². The van der Waals surface area contributed by atoms with Gasteiger partial charge in [-0.25, -0.2) is 9.37 Å². The van der Waals surface area contributed by atoms with Crippen LogP contribution in [0.25, 0.3) is 0 Å². The number of rotatable bonds is 7. The van der Waals surface area contributed by atoms with Crippen LogP contribution in [0.1, 0.15) is 45.2 Å². The van der Waals surface area contributed by atoms with E-state index in [0.717, 1.165) is 25.3 Å². The van der Waals surface area contributed by atoms with Gasteiger partial charge in [-0.1, -0.05) is 30.5 Å². The topological polar surface area (TPSA) is 86.7 Å². The maximum atomic E-state index is 15.0. The van der Waals surface area contributed by atoms with Gasteiger partial charge in [-0.2, -0.15) is 0 Å². The number of aromatic nitrogens is 1. The number of pyridine rings is 1. The third kappa shape index (κ3) is 5.53. The zero-order chi connectivity index (χ0) is 25.7. The van der Waals surface area contributed by atoms with Crippen LogP contribution in [0, 0.1) is 18.2 Å². The molecule has 1 aliphatic heterocycles. The summed E-state index contributed by atoms with van der Waals surface area (Å²) in [5.74, 6) is 1.49. The Labute approximate surface area is 213 Å². The first kappa shape index (κ1) is 24.9. The van der Waals surface area contributed by atoms with Crippen molar-refractivity contribution in [2.45, 2.75) is 13.3 Å². The van der Waals surface area contributed by atoms with Crippen molar-refractivity contribution in [1.29, 1.82) is 0 Å². The van der Waals surface area contributed by atoms with Crippen molar-refractivity contribution in [2.24, 2.45) is 4.99 Å². The van der Waals surface area contributed by atoms with Gasteiger partial charge in [0.1, 0.15) is 17.5 Å². The Morgan fingerprint density at radius 3 is 2.61 bits per heavy atom. The van der Waals surface area contributed by atoms with Crippen molar-refractivity contribution in [3.63, 3.8) is 0 Å². The maximum Gasteiger partial charge on any atom is 0.258 e. The van der Waals surface area contributed by atoms with Crippen molar-refractivity contribution < 1.29 is 14.0 Å². The van der Waals surface area contributed by atoms with Crippen LogP contribution >= 0.6 is 11.6 Å². The molecule has 4 rings (SSSR count). The van der Waals surface area contributed by atoms with Crippen molar-refractivity contribution in [2.75, 3.05) is 30.3 Å². The predicted octanol–water partition coefficient (Wildman–Crippen LogP) is 4.83. The third-order valence-electron chi connectivity index (χ3n) is 5.54. The van der Waals surface area contributed by atoms with E-state index >= 15 is 0 Å². The minimum absolute atomic E-state index is 0.0891. The molecular formula is C27H23ClFN5O2. The number of carbonyl (C=O) groups excluding carboxylic acids is 2. The normalized spacial score (nSPS) is 12.6. The predicted molar refractivity (Wildman–Crippen MR) is 139 cm³/mol. The van der Waals surface area contributed by atoms with Crippen molar-refractivity contribution in [3.05, 3.63) is 87.8 Å². The minimum Gasteiger partial charge on any atom is -0.355 e. The molecule has 0 aliphatic carbocycles. The van der Waals surface area contributed by atoms with Crippen LogP contribution in [0.15, 0.2) is 59.7 Å². The standard InChI is InChI=1S/C27H23ClFN5O2/c1-3-12-34-13-11-30-25(34)18-6-8-20(22(29)14-18)26(35)32-23-9-7-19(28)15-21(23)27(36)33-24-10-5-17(4-2)16-31-24/h2,5-10,14-16H,3,11-13H2,1H3,(H,32,35)(H,31,33,36). The van der Waals surface area contributed by atoms with Gasteiger partial charge in [-0.05, 0) is 48.9 Å². The van der Waals surface area contributed by atoms with E-state index in [4.69, 9.17) is 18.0 Å². The van der Waals surface area contributed by atoms with E-state index in [2.05, 4.69) is 38.4 Å². The van der Waals surface area contributed by atoms with E-state index in [0.29, 0.717) is 22.7 Å². The SMILES string of the molecule is C#Cc1ccc(NC(=O)c2cc(Cl)ccc2NC(=O)c2ccc(C3=NCCN3CCC)cc2F)nc1. The first-order valence-electron chi connectivity index (χ1n) is 11.3. The summed E-state index contributed by atoms with van der Waals surface area (Å²) in [5, 5.41) is 5.54. The second kappa shape index (κ2) is 11.0. The number of terminal acetylenes is 1. The molecule has 9 heteroatoms. The van der Waals surface area contributed by atoms with Gasteiger partial charge in [0.2, 0.25) is 0 Å². The van der Waals surface area contributed by atoms with Gasteiger partial charge in [0, 0.05) is 35.4 Å². The van der Waals surface area contributed by atoms with E-state index < -0.39 is 17.6 Å². The fourth-order valence-electron chi connectivity index (χ4n) is 3.82.